The molecule has 0 bridgehead atoms. The molecule has 1 N–H and O–H groups in total. The Labute approximate surface area is 213 Å². The van der Waals surface area contributed by atoms with Crippen LogP contribution < -0.4 is 16.1 Å². The van der Waals surface area contributed by atoms with Crippen LogP contribution in [-0.4, -0.2) is 32.6 Å². The third-order valence-corrected chi connectivity index (χ3v) is 6.17. The fourth-order valence-corrected chi connectivity index (χ4v) is 4.04. The molecule has 2 aromatic heterocycles. The summed E-state index contributed by atoms with van der Waals surface area (Å²) < 4.78 is 16.9. The largest absolute Gasteiger partial charge is 0.479 e. The number of aromatic nitrogens is 4. The molecule has 183 valence electrons. The first-order valence-electron chi connectivity index (χ1n) is 11.1. The van der Waals surface area contributed by atoms with Crippen LogP contribution in [-0.2, 0) is 43.8 Å². The van der Waals surface area contributed by atoms with Gasteiger partial charge in [0.15, 0.2) is 5.65 Å². The standard InChI is InChI=1S/C25H23FN5O3.Rh/c1-29(15-32)19-10-8-16(9-11-19)12-21-27-22-23(28-21)30(13-17-6-7-17)25(34)31(24(22)33)14-18-4-2-3-5-20(18)26;/h2-5,8-11,17H,6-7,12-14H2,1H3,(H,27,28);/q-1;. The molecule has 2 heterocycles. The van der Waals surface area contributed by atoms with Gasteiger partial charge in [0, 0.05) is 38.0 Å². The van der Waals surface area contributed by atoms with Gasteiger partial charge < -0.3 is 14.7 Å². The van der Waals surface area contributed by atoms with Gasteiger partial charge in [-0.1, -0.05) is 30.3 Å². The number of carbonyl (C=O) groups excluding carboxylic acids is 1. The van der Waals surface area contributed by atoms with E-state index in [9.17, 15) is 18.8 Å². The van der Waals surface area contributed by atoms with Crippen molar-refractivity contribution < 1.29 is 28.7 Å². The number of H-pyrrole nitrogens is 1. The number of halogens is 1. The molecule has 0 spiro atoms. The van der Waals surface area contributed by atoms with Crippen LogP contribution in [0.3, 0.4) is 0 Å². The fraction of sp³-hybridized carbons (Fsp3) is 0.280. The number of rotatable bonds is 8. The predicted octanol–water partition coefficient (Wildman–Crippen LogP) is 2.58. The molecule has 1 saturated carbocycles. The molecule has 1 aliphatic carbocycles. The van der Waals surface area contributed by atoms with Crippen molar-refractivity contribution >= 4 is 23.3 Å². The molecule has 35 heavy (non-hydrogen) atoms. The average Bonchev–Trinajstić information content (AvgIpc) is 3.57. The third kappa shape index (κ3) is 5.03. The summed E-state index contributed by atoms with van der Waals surface area (Å²) in [6.07, 6.45) is 4.26. The number of hydrogen-bond acceptors (Lipinski definition) is 4. The van der Waals surface area contributed by atoms with Crippen molar-refractivity contribution in [1.29, 1.82) is 0 Å². The van der Waals surface area contributed by atoms with Crippen LogP contribution >= 0.6 is 0 Å². The van der Waals surface area contributed by atoms with Crippen molar-refractivity contribution in [2.75, 3.05) is 11.9 Å². The monoisotopic (exact) mass is 563 g/mol. The number of aromatic amines is 1. The first-order chi connectivity index (χ1) is 16.4. The number of fused-ring (bicyclic) bond motifs is 1. The number of nitrogens with one attached hydrogen (secondary N) is 1. The van der Waals surface area contributed by atoms with Gasteiger partial charge in [0.05, 0.1) is 13.0 Å². The van der Waals surface area contributed by atoms with Crippen molar-refractivity contribution in [2.24, 2.45) is 5.92 Å². The SMILES string of the molecule is CN([C-]=O)c1ccc(Cc2nc3c([nH]2)c(=O)n(Cc2ccccc2F)c(=O)n3CC2CC2)cc1.[Rh]. The van der Waals surface area contributed by atoms with Gasteiger partial charge in [-0.15, -0.1) is 17.8 Å². The molecule has 0 unspecified atom stereocenters. The van der Waals surface area contributed by atoms with Gasteiger partial charge in [0.2, 0.25) is 0 Å². The quantitative estimate of drug-likeness (QED) is 0.203. The maximum atomic E-state index is 14.3. The first kappa shape index (κ1) is 24.7. The molecule has 5 rings (SSSR count). The molecule has 4 aromatic rings. The molecule has 1 radical (unpaired) electrons. The summed E-state index contributed by atoms with van der Waals surface area (Å²) in [5, 5.41) is 0. The molecular weight excluding hydrogens is 540 g/mol. The zero-order valence-electron chi connectivity index (χ0n) is 19.0. The van der Waals surface area contributed by atoms with E-state index in [0.717, 1.165) is 23.0 Å². The Bertz CT molecular complexity index is 1490. The average molecular weight is 563 g/mol. The van der Waals surface area contributed by atoms with Gasteiger partial charge in [0.1, 0.15) is 17.2 Å². The Morgan fingerprint density at radius 1 is 1.11 bits per heavy atom. The summed E-state index contributed by atoms with van der Waals surface area (Å²) in [6, 6.07) is 13.5. The van der Waals surface area contributed by atoms with Gasteiger partial charge in [0.25, 0.3) is 5.56 Å². The first-order valence-corrected chi connectivity index (χ1v) is 11.1. The fourth-order valence-electron chi connectivity index (χ4n) is 4.04. The molecule has 0 saturated heterocycles. The van der Waals surface area contributed by atoms with E-state index in [4.69, 9.17) is 0 Å². The smallest absolute Gasteiger partial charge is 0.333 e. The number of nitrogens with zero attached hydrogens (tertiary/aromatic N) is 4. The minimum absolute atomic E-state index is 0. The van der Waals surface area contributed by atoms with Gasteiger partial charge in [-0.05, 0) is 37.4 Å². The van der Waals surface area contributed by atoms with E-state index < -0.39 is 17.1 Å². The van der Waals surface area contributed by atoms with Crippen molar-refractivity contribution in [3.8, 4) is 0 Å². The molecule has 1 amide bonds. The maximum absolute atomic E-state index is 14.3. The van der Waals surface area contributed by atoms with Crippen LogP contribution in [0.15, 0.2) is 58.1 Å². The minimum atomic E-state index is -0.521. The maximum Gasteiger partial charge on any atom is 0.333 e. The second-order valence-corrected chi connectivity index (χ2v) is 8.69. The zero-order chi connectivity index (χ0) is 23.8. The Morgan fingerprint density at radius 2 is 1.83 bits per heavy atom. The second-order valence-electron chi connectivity index (χ2n) is 8.69. The number of amides is 1. The molecule has 1 fully saturated rings. The van der Waals surface area contributed by atoms with E-state index in [1.165, 1.54) is 15.5 Å². The molecule has 0 atom stereocenters. The van der Waals surface area contributed by atoms with Crippen LogP contribution in [0.1, 0.15) is 29.8 Å². The summed E-state index contributed by atoms with van der Waals surface area (Å²) in [5.41, 5.74) is 1.46. The number of imidazole rings is 1. The number of hydrogen-bond donors (Lipinski definition) is 1. The van der Waals surface area contributed by atoms with Gasteiger partial charge in [-0.3, -0.25) is 13.9 Å². The Kier molecular flexibility index (Phi) is 7.12. The van der Waals surface area contributed by atoms with E-state index in [1.807, 2.05) is 12.1 Å². The predicted molar refractivity (Wildman–Crippen MR) is 126 cm³/mol. The van der Waals surface area contributed by atoms with Crippen molar-refractivity contribution in [1.82, 2.24) is 19.1 Å². The summed E-state index contributed by atoms with van der Waals surface area (Å²) in [5.74, 6) is 0.455. The van der Waals surface area contributed by atoms with Gasteiger partial charge in [-0.25, -0.2) is 14.2 Å². The molecule has 2 aromatic carbocycles. The third-order valence-electron chi connectivity index (χ3n) is 6.17. The minimum Gasteiger partial charge on any atom is -0.479 e. The number of benzene rings is 2. The van der Waals surface area contributed by atoms with Gasteiger partial charge in [-0.2, -0.15) is 0 Å². The normalized spacial score (nSPS) is 13.0. The summed E-state index contributed by atoms with van der Waals surface area (Å²) in [6.45, 7) is 0.322. The van der Waals surface area contributed by atoms with E-state index in [2.05, 4.69) is 9.97 Å². The Balaban J connectivity index is 0.00000289. The summed E-state index contributed by atoms with van der Waals surface area (Å²) in [4.78, 5) is 46.4. The Hall–Kier alpha value is -3.39. The zero-order valence-corrected chi connectivity index (χ0v) is 20.6. The molecule has 8 nitrogen and oxygen atoms in total. The molecule has 0 aliphatic heterocycles. The molecular formula is C25H23FN5O3Rh-. The second kappa shape index (κ2) is 10.1. The van der Waals surface area contributed by atoms with Gasteiger partial charge >= 0.3 is 5.69 Å². The van der Waals surface area contributed by atoms with E-state index >= 15 is 0 Å². The van der Waals surface area contributed by atoms with E-state index in [1.54, 1.807) is 43.8 Å². The van der Waals surface area contributed by atoms with E-state index in [-0.39, 0.29) is 37.1 Å². The van der Waals surface area contributed by atoms with Crippen LogP contribution in [0.5, 0.6) is 0 Å². The number of anilines is 1. The summed E-state index contributed by atoms with van der Waals surface area (Å²) in [7, 11) is 1.62. The summed E-state index contributed by atoms with van der Waals surface area (Å²) >= 11 is 0. The van der Waals surface area contributed by atoms with Crippen LogP contribution in [0.25, 0.3) is 11.2 Å². The van der Waals surface area contributed by atoms with E-state index in [0.29, 0.717) is 36.0 Å². The van der Waals surface area contributed by atoms with Crippen LogP contribution in [0.4, 0.5) is 10.1 Å². The van der Waals surface area contributed by atoms with Crippen LogP contribution in [0.2, 0.25) is 0 Å². The Morgan fingerprint density at radius 3 is 2.49 bits per heavy atom. The molecule has 10 heteroatoms. The van der Waals surface area contributed by atoms with Crippen LogP contribution in [0, 0.1) is 11.7 Å². The van der Waals surface area contributed by atoms with Crippen molar-refractivity contribution in [3.05, 3.63) is 92.1 Å². The molecule has 1 aliphatic rings. The van der Waals surface area contributed by atoms with Crippen molar-refractivity contribution in [2.45, 2.75) is 32.4 Å². The van der Waals surface area contributed by atoms with Crippen molar-refractivity contribution in [3.63, 3.8) is 0 Å². The topological polar surface area (TPSA) is 93.0 Å².